The molecule has 4 bridgehead atoms. The Bertz CT molecular complexity index is 688. The summed E-state index contributed by atoms with van der Waals surface area (Å²) in [4.78, 5) is 22.9. The van der Waals surface area contributed by atoms with Gasteiger partial charge in [-0.25, -0.2) is 4.79 Å². The predicted octanol–water partition coefficient (Wildman–Crippen LogP) is 3.62. The lowest BCUT2D eigenvalue weighted by molar-refractivity contribution is -0.165. The van der Waals surface area contributed by atoms with E-state index in [0.717, 1.165) is 23.3 Å². The highest BCUT2D eigenvalue weighted by Gasteiger charge is 2.48. The number of nitrogens with two attached hydrogens (primary N) is 1. The molecule has 4 saturated carbocycles. The number of esters is 1. The average Bonchev–Trinajstić information content (AvgIpc) is 2.68. The van der Waals surface area contributed by atoms with Gasteiger partial charge in [-0.2, -0.15) is 25.3 Å². The molecule has 166 valence electrons. The third-order valence-electron chi connectivity index (χ3n) is 6.66. The molecule has 0 aromatic heterocycles. The smallest absolute Gasteiger partial charge is 0.345 e. The number of carbonyl (C=O) groups is 2. The molecule has 1 aromatic rings. The van der Waals surface area contributed by atoms with Crippen molar-refractivity contribution in [1.29, 1.82) is 0 Å². The zero-order valence-corrected chi connectivity index (χ0v) is 19.1. The molecule has 1 unspecified atom stereocenters. The van der Waals surface area contributed by atoms with Gasteiger partial charge in [-0.1, -0.05) is 30.3 Å². The van der Waals surface area contributed by atoms with Gasteiger partial charge in [0, 0.05) is 23.5 Å². The number of rotatable bonds is 7. The number of carboxylic acid groups (broad SMARTS) is 1. The van der Waals surface area contributed by atoms with Crippen molar-refractivity contribution in [3.63, 3.8) is 0 Å². The van der Waals surface area contributed by atoms with Crippen LogP contribution in [0, 0.1) is 23.7 Å². The second kappa shape index (κ2) is 10.4. The van der Waals surface area contributed by atoms with Crippen LogP contribution in [0.3, 0.4) is 0 Å². The van der Waals surface area contributed by atoms with Gasteiger partial charge < -0.3 is 15.6 Å². The summed E-state index contributed by atoms with van der Waals surface area (Å²) in [7, 11) is 0. The molecule has 7 heteroatoms. The van der Waals surface area contributed by atoms with E-state index in [1.807, 2.05) is 6.07 Å². The third kappa shape index (κ3) is 6.17. The van der Waals surface area contributed by atoms with Crippen molar-refractivity contribution in [2.45, 2.75) is 56.6 Å². The number of hydrogen-bond donors (Lipinski definition) is 4. The highest BCUT2D eigenvalue weighted by atomic mass is 32.1. The van der Waals surface area contributed by atoms with E-state index in [1.54, 1.807) is 24.3 Å². The van der Waals surface area contributed by atoms with Gasteiger partial charge in [0.15, 0.2) is 0 Å². The molecular formula is C23H33NO4S2. The second-order valence-electron chi connectivity index (χ2n) is 9.30. The molecule has 1 atom stereocenters. The van der Waals surface area contributed by atoms with Gasteiger partial charge in [0.25, 0.3) is 0 Å². The molecule has 0 aliphatic heterocycles. The van der Waals surface area contributed by atoms with Crippen LogP contribution in [0.5, 0.6) is 0 Å². The van der Waals surface area contributed by atoms with Gasteiger partial charge in [0.05, 0.1) is 5.92 Å². The summed E-state index contributed by atoms with van der Waals surface area (Å²) in [5, 5.41) is 9.10. The Balaban J connectivity index is 0.000000193. The van der Waals surface area contributed by atoms with Gasteiger partial charge in [-0.05, 0) is 61.8 Å². The quantitative estimate of drug-likeness (QED) is 0.376. The normalized spacial score (nSPS) is 29.8. The highest BCUT2D eigenvalue weighted by Crippen LogP contribution is 2.54. The molecule has 4 fully saturated rings. The van der Waals surface area contributed by atoms with Crippen molar-refractivity contribution in [1.82, 2.24) is 0 Å². The molecule has 0 spiro atoms. The minimum Gasteiger partial charge on any atom is -0.478 e. The van der Waals surface area contributed by atoms with Gasteiger partial charge in [0.2, 0.25) is 6.10 Å². The summed E-state index contributed by atoms with van der Waals surface area (Å²) < 4.78 is 5.02. The van der Waals surface area contributed by atoms with Crippen LogP contribution in [0.4, 0.5) is 0 Å². The number of thiol groups is 2. The Morgan fingerprint density at radius 1 is 1.03 bits per heavy atom. The molecule has 4 aliphatic rings. The molecule has 0 saturated heterocycles. The Morgan fingerprint density at radius 2 is 1.53 bits per heavy atom. The molecule has 0 heterocycles. The van der Waals surface area contributed by atoms with Crippen molar-refractivity contribution < 1.29 is 19.4 Å². The fraction of sp³-hybridized carbons (Fsp3) is 0.652. The minimum absolute atomic E-state index is 0.147. The van der Waals surface area contributed by atoms with E-state index in [0.29, 0.717) is 5.54 Å². The second-order valence-corrected chi connectivity index (χ2v) is 10.0. The molecule has 30 heavy (non-hydrogen) atoms. The Labute approximate surface area is 190 Å². The van der Waals surface area contributed by atoms with Crippen LogP contribution in [0.2, 0.25) is 0 Å². The van der Waals surface area contributed by atoms with Gasteiger partial charge in [0.1, 0.15) is 0 Å². The number of hydrogen-bond acceptors (Lipinski definition) is 6. The lowest BCUT2D eigenvalue weighted by Crippen LogP contribution is -2.55. The maximum absolute atomic E-state index is 11.7. The van der Waals surface area contributed by atoms with Crippen molar-refractivity contribution in [2.24, 2.45) is 29.4 Å². The van der Waals surface area contributed by atoms with Crippen molar-refractivity contribution in [3.05, 3.63) is 35.9 Å². The third-order valence-corrected chi connectivity index (χ3v) is 7.54. The van der Waals surface area contributed by atoms with Gasteiger partial charge in [-0.15, -0.1) is 0 Å². The first kappa shape index (κ1) is 23.5. The van der Waals surface area contributed by atoms with E-state index in [2.05, 4.69) is 25.3 Å². The number of benzene rings is 1. The Hall–Kier alpha value is -1.18. The van der Waals surface area contributed by atoms with E-state index in [-0.39, 0.29) is 17.9 Å². The number of aliphatic carboxylic acids is 1. The molecule has 0 radical (unpaired) electrons. The van der Waals surface area contributed by atoms with Crippen LogP contribution >= 0.6 is 25.3 Å². The van der Waals surface area contributed by atoms with Crippen LogP contribution in [-0.2, 0) is 20.7 Å². The number of carbonyl (C=O) groups excluding carboxylic acids is 1. The molecule has 4 aliphatic carbocycles. The molecule has 3 N–H and O–H groups in total. The topological polar surface area (TPSA) is 89.6 Å². The summed E-state index contributed by atoms with van der Waals surface area (Å²) in [6.07, 6.45) is 7.53. The maximum Gasteiger partial charge on any atom is 0.345 e. The van der Waals surface area contributed by atoms with Crippen molar-refractivity contribution >= 4 is 37.2 Å². The average molecular weight is 452 g/mol. The Kier molecular flexibility index (Phi) is 8.16. The molecular weight excluding hydrogens is 418 g/mol. The zero-order chi connectivity index (χ0) is 21.7. The van der Waals surface area contributed by atoms with Gasteiger partial charge in [-0.3, -0.25) is 4.79 Å². The van der Waals surface area contributed by atoms with Crippen molar-refractivity contribution in [3.8, 4) is 0 Å². The van der Waals surface area contributed by atoms with Crippen LogP contribution < -0.4 is 5.73 Å². The maximum atomic E-state index is 11.7. The zero-order valence-electron chi connectivity index (χ0n) is 17.3. The van der Waals surface area contributed by atoms with Gasteiger partial charge >= 0.3 is 11.9 Å². The van der Waals surface area contributed by atoms with Crippen molar-refractivity contribution in [2.75, 3.05) is 11.5 Å². The number of ether oxygens (including phenoxy) is 1. The van der Waals surface area contributed by atoms with Crippen LogP contribution in [-0.4, -0.2) is 40.2 Å². The molecule has 5 nitrogen and oxygen atoms in total. The lowest BCUT2D eigenvalue weighted by Gasteiger charge is -2.55. The predicted molar refractivity (Wildman–Crippen MR) is 124 cm³/mol. The van der Waals surface area contributed by atoms with E-state index in [4.69, 9.17) is 15.6 Å². The minimum atomic E-state index is -1.18. The van der Waals surface area contributed by atoms with E-state index >= 15 is 0 Å². The molecule has 5 rings (SSSR count). The summed E-state index contributed by atoms with van der Waals surface area (Å²) in [6, 6.07) is 9.03. The SMILES string of the molecule is NC12CC3CC(CC(C3)C1)C2.O=C(OC(Cc1ccccc1)C(=O)O)C(CS)CS. The van der Waals surface area contributed by atoms with Crippen LogP contribution in [0.15, 0.2) is 30.3 Å². The van der Waals surface area contributed by atoms with Crippen LogP contribution in [0.25, 0.3) is 0 Å². The Morgan fingerprint density at radius 3 is 1.93 bits per heavy atom. The number of carboxylic acids is 1. The first-order chi connectivity index (χ1) is 14.3. The largest absolute Gasteiger partial charge is 0.478 e. The summed E-state index contributed by atoms with van der Waals surface area (Å²) in [5.41, 5.74) is 7.42. The van der Waals surface area contributed by atoms with E-state index in [1.165, 1.54) is 38.5 Å². The van der Waals surface area contributed by atoms with E-state index < -0.39 is 24.0 Å². The van der Waals surface area contributed by atoms with Crippen LogP contribution in [0.1, 0.15) is 44.1 Å². The highest BCUT2D eigenvalue weighted by molar-refractivity contribution is 7.81. The monoisotopic (exact) mass is 451 g/mol. The van der Waals surface area contributed by atoms with E-state index in [9.17, 15) is 9.59 Å². The fourth-order valence-electron chi connectivity index (χ4n) is 5.63. The summed E-state index contributed by atoms with van der Waals surface area (Å²) in [5.74, 6) is 1.38. The lowest BCUT2D eigenvalue weighted by atomic mass is 9.53. The summed E-state index contributed by atoms with van der Waals surface area (Å²) >= 11 is 8.02. The standard InChI is InChI=1S/C13H16O4S2.C10H17N/c14-12(15)11(6-9-4-2-1-3-5-9)17-13(16)10(7-18)8-19;11-10-4-7-1-8(5-10)3-9(2-7)6-10/h1-5,10-11,18-19H,6-8H2,(H,14,15);7-9H,1-6,11H2. The molecule has 1 aromatic carbocycles. The fourth-order valence-corrected chi connectivity index (χ4v) is 6.39. The molecule has 0 amide bonds. The first-order valence-corrected chi connectivity index (χ1v) is 12.1. The first-order valence-electron chi connectivity index (χ1n) is 10.8. The summed E-state index contributed by atoms with van der Waals surface area (Å²) in [6.45, 7) is 0.